The molecule has 0 heterocycles. The topological polar surface area (TPSA) is 46.2 Å². The van der Waals surface area contributed by atoms with Gasteiger partial charge in [0.2, 0.25) is 0 Å². The molecule has 0 saturated heterocycles. The second kappa shape index (κ2) is 6.02. The standard InChI is InChI=1S/C14H23NO/c1-14(2,16)9-8-13-6-3-5-12(11-13)7-4-10-15/h3,5-6,11,16H,4,7-10,15H2,1-2H3. The predicted octanol–water partition coefficient (Wildman–Crippen LogP) is 2.28. The number of nitrogens with two attached hydrogens (primary N) is 1. The second-order valence-electron chi connectivity index (χ2n) is 5.02. The molecule has 90 valence electrons. The van der Waals surface area contributed by atoms with Gasteiger partial charge in [-0.05, 0) is 57.2 Å². The van der Waals surface area contributed by atoms with Crippen molar-refractivity contribution >= 4 is 0 Å². The van der Waals surface area contributed by atoms with Gasteiger partial charge in [0.05, 0.1) is 5.60 Å². The van der Waals surface area contributed by atoms with Gasteiger partial charge in [-0.25, -0.2) is 0 Å². The summed E-state index contributed by atoms with van der Waals surface area (Å²) in [5, 5.41) is 9.67. The summed E-state index contributed by atoms with van der Waals surface area (Å²) in [6.45, 7) is 4.45. The molecule has 16 heavy (non-hydrogen) atoms. The van der Waals surface area contributed by atoms with Gasteiger partial charge in [-0.15, -0.1) is 0 Å². The van der Waals surface area contributed by atoms with Crippen molar-refractivity contribution < 1.29 is 5.11 Å². The fraction of sp³-hybridized carbons (Fsp3) is 0.571. The Hall–Kier alpha value is -0.860. The molecule has 0 radical (unpaired) electrons. The zero-order valence-corrected chi connectivity index (χ0v) is 10.4. The highest BCUT2D eigenvalue weighted by molar-refractivity contribution is 5.23. The third-order valence-corrected chi connectivity index (χ3v) is 2.69. The molecule has 0 unspecified atom stereocenters. The summed E-state index contributed by atoms with van der Waals surface area (Å²) in [5.74, 6) is 0. The van der Waals surface area contributed by atoms with E-state index in [2.05, 4.69) is 24.3 Å². The maximum absolute atomic E-state index is 9.67. The van der Waals surface area contributed by atoms with Gasteiger partial charge in [0.1, 0.15) is 0 Å². The number of benzene rings is 1. The highest BCUT2D eigenvalue weighted by Crippen LogP contribution is 2.14. The number of aryl methyl sites for hydroxylation is 2. The van der Waals surface area contributed by atoms with Crippen molar-refractivity contribution in [3.8, 4) is 0 Å². The first-order valence-electron chi connectivity index (χ1n) is 6.01. The summed E-state index contributed by atoms with van der Waals surface area (Å²) >= 11 is 0. The van der Waals surface area contributed by atoms with E-state index < -0.39 is 5.60 Å². The minimum Gasteiger partial charge on any atom is -0.390 e. The van der Waals surface area contributed by atoms with Crippen molar-refractivity contribution in [1.82, 2.24) is 0 Å². The lowest BCUT2D eigenvalue weighted by Gasteiger charge is -2.16. The van der Waals surface area contributed by atoms with Gasteiger partial charge in [0.25, 0.3) is 0 Å². The summed E-state index contributed by atoms with van der Waals surface area (Å²) in [6, 6.07) is 8.58. The highest BCUT2D eigenvalue weighted by atomic mass is 16.3. The van der Waals surface area contributed by atoms with E-state index in [9.17, 15) is 5.11 Å². The lowest BCUT2D eigenvalue weighted by Crippen LogP contribution is -2.19. The molecule has 1 rings (SSSR count). The third kappa shape index (κ3) is 5.29. The van der Waals surface area contributed by atoms with E-state index in [1.807, 2.05) is 13.8 Å². The van der Waals surface area contributed by atoms with Crippen LogP contribution in [0.5, 0.6) is 0 Å². The van der Waals surface area contributed by atoms with Crippen molar-refractivity contribution in [2.45, 2.75) is 45.1 Å². The van der Waals surface area contributed by atoms with Gasteiger partial charge in [0.15, 0.2) is 0 Å². The number of aliphatic hydroxyl groups is 1. The average molecular weight is 221 g/mol. The Bertz CT molecular complexity index is 315. The number of hydrogen-bond donors (Lipinski definition) is 2. The fourth-order valence-corrected chi connectivity index (χ4v) is 1.70. The summed E-state index contributed by atoms with van der Waals surface area (Å²) in [7, 11) is 0. The SMILES string of the molecule is CC(C)(O)CCc1cccc(CCCN)c1. The van der Waals surface area contributed by atoms with Crippen molar-refractivity contribution in [2.75, 3.05) is 6.54 Å². The maximum Gasteiger partial charge on any atom is 0.0594 e. The van der Waals surface area contributed by atoms with Gasteiger partial charge >= 0.3 is 0 Å². The normalized spacial score (nSPS) is 11.8. The van der Waals surface area contributed by atoms with Gasteiger partial charge in [0, 0.05) is 0 Å². The molecule has 0 bridgehead atoms. The lowest BCUT2D eigenvalue weighted by molar-refractivity contribution is 0.0714. The lowest BCUT2D eigenvalue weighted by atomic mass is 9.97. The van der Waals surface area contributed by atoms with E-state index in [1.54, 1.807) is 0 Å². The van der Waals surface area contributed by atoms with Crippen LogP contribution in [0.15, 0.2) is 24.3 Å². The van der Waals surface area contributed by atoms with Crippen molar-refractivity contribution in [1.29, 1.82) is 0 Å². The first-order valence-corrected chi connectivity index (χ1v) is 6.01. The van der Waals surface area contributed by atoms with Gasteiger partial charge in [-0.1, -0.05) is 24.3 Å². The zero-order chi connectivity index (χ0) is 12.0. The Labute approximate surface area is 98.5 Å². The largest absolute Gasteiger partial charge is 0.390 e. The van der Waals surface area contributed by atoms with Crippen LogP contribution >= 0.6 is 0 Å². The third-order valence-electron chi connectivity index (χ3n) is 2.69. The summed E-state index contributed by atoms with van der Waals surface area (Å²) in [5.41, 5.74) is 7.57. The molecule has 0 aliphatic carbocycles. The Kier molecular flexibility index (Phi) is 4.97. The molecule has 0 fully saturated rings. The maximum atomic E-state index is 9.67. The second-order valence-corrected chi connectivity index (χ2v) is 5.02. The molecule has 0 amide bonds. The van der Waals surface area contributed by atoms with Crippen LogP contribution in [0.2, 0.25) is 0 Å². The molecule has 2 heteroatoms. The highest BCUT2D eigenvalue weighted by Gasteiger charge is 2.11. The molecule has 0 aliphatic heterocycles. The summed E-state index contributed by atoms with van der Waals surface area (Å²) < 4.78 is 0. The van der Waals surface area contributed by atoms with E-state index in [0.29, 0.717) is 0 Å². The quantitative estimate of drug-likeness (QED) is 0.774. The van der Waals surface area contributed by atoms with Crippen LogP contribution in [0.3, 0.4) is 0 Å². The van der Waals surface area contributed by atoms with Gasteiger partial charge in [-0.2, -0.15) is 0 Å². The van der Waals surface area contributed by atoms with E-state index in [1.165, 1.54) is 11.1 Å². The molecule has 1 aromatic rings. The van der Waals surface area contributed by atoms with Crippen LogP contribution in [0, 0.1) is 0 Å². The summed E-state index contributed by atoms with van der Waals surface area (Å²) in [4.78, 5) is 0. The fourth-order valence-electron chi connectivity index (χ4n) is 1.70. The molecular weight excluding hydrogens is 198 g/mol. The van der Waals surface area contributed by atoms with Crippen LogP contribution in [0.1, 0.15) is 37.8 Å². The van der Waals surface area contributed by atoms with Crippen LogP contribution in [-0.2, 0) is 12.8 Å². The summed E-state index contributed by atoms with van der Waals surface area (Å²) in [6.07, 6.45) is 3.81. The number of hydrogen-bond acceptors (Lipinski definition) is 2. The predicted molar refractivity (Wildman–Crippen MR) is 68.4 cm³/mol. The van der Waals surface area contributed by atoms with Crippen LogP contribution in [-0.4, -0.2) is 17.3 Å². The van der Waals surface area contributed by atoms with Crippen molar-refractivity contribution in [3.05, 3.63) is 35.4 Å². The first-order chi connectivity index (χ1) is 7.51. The van der Waals surface area contributed by atoms with Gasteiger partial charge in [-0.3, -0.25) is 0 Å². The van der Waals surface area contributed by atoms with Crippen molar-refractivity contribution in [2.24, 2.45) is 5.73 Å². The monoisotopic (exact) mass is 221 g/mol. The minimum absolute atomic E-state index is 0.576. The smallest absolute Gasteiger partial charge is 0.0594 e. The van der Waals surface area contributed by atoms with Crippen LogP contribution in [0.25, 0.3) is 0 Å². The molecule has 2 nitrogen and oxygen atoms in total. The Morgan fingerprint density at radius 1 is 1.19 bits per heavy atom. The molecular formula is C14H23NO. The minimum atomic E-state index is -0.576. The average Bonchev–Trinajstić information content (AvgIpc) is 2.23. The molecule has 0 aromatic heterocycles. The molecule has 0 atom stereocenters. The van der Waals surface area contributed by atoms with Crippen LogP contribution in [0.4, 0.5) is 0 Å². The van der Waals surface area contributed by atoms with E-state index >= 15 is 0 Å². The zero-order valence-electron chi connectivity index (χ0n) is 10.4. The van der Waals surface area contributed by atoms with Gasteiger partial charge < -0.3 is 10.8 Å². The molecule has 3 N–H and O–H groups in total. The van der Waals surface area contributed by atoms with E-state index in [0.717, 1.165) is 32.2 Å². The molecule has 0 spiro atoms. The molecule has 0 aliphatic rings. The van der Waals surface area contributed by atoms with E-state index in [4.69, 9.17) is 5.73 Å². The molecule has 0 saturated carbocycles. The number of rotatable bonds is 6. The van der Waals surface area contributed by atoms with Crippen molar-refractivity contribution in [3.63, 3.8) is 0 Å². The van der Waals surface area contributed by atoms with Crippen LogP contribution < -0.4 is 5.73 Å². The van der Waals surface area contributed by atoms with E-state index in [-0.39, 0.29) is 0 Å². The Morgan fingerprint density at radius 2 is 1.81 bits per heavy atom. The Morgan fingerprint density at radius 3 is 2.38 bits per heavy atom. The first kappa shape index (κ1) is 13.2. The Balaban J connectivity index is 2.53. The molecule has 1 aromatic carbocycles.